The summed E-state index contributed by atoms with van der Waals surface area (Å²) in [4.78, 5) is 12.2. The Bertz CT molecular complexity index is 925. The number of nitrogens with zero attached hydrogens (tertiary/aromatic N) is 3. The van der Waals surface area contributed by atoms with Crippen LogP contribution in [0.2, 0.25) is 0 Å². The van der Waals surface area contributed by atoms with Crippen LogP contribution in [0.3, 0.4) is 0 Å². The fourth-order valence-electron chi connectivity index (χ4n) is 2.27. The van der Waals surface area contributed by atoms with Crippen LogP contribution in [-0.2, 0) is 12.7 Å². The summed E-state index contributed by atoms with van der Waals surface area (Å²) in [6.07, 6.45) is -3.09. The van der Waals surface area contributed by atoms with Crippen molar-refractivity contribution in [3.63, 3.8) is 0 Å². The molecule has 9 heteroatoms. The molecule has 1 heterocycles. The van der Waals surface area contributed by atoms with Crippen molar-refractivity contribution in [3.05, 3.63) is 76.0 Å². The summed E-state index contributed by atoms with van der Waals surface area (Å²) < 4.78 is 40.2. The second kappa shape index (κ2) is 7.28. The number of alkyl halides is 3. The highest BCUT2D eigenvalue weighted by Gasteiger charge is 2.33. The van der Waals surface area contributed by atoms with Crippen LogP contribution < -0.4 is 5.32 Å². The van der Waals surface area contributed by atoms with Crippen molar-refractivity contribution in [2.45, 2.75) is 12.7 Å². The monoisotopic (exact) mass is 424 g/mol. The molecule has 0 radical (unpaired) electrons. The van der Waals surface area contributed by atoms with Gasteiger partial charge >= 0.3 is 6.18 Å². The van der Waals surface area contributed by atoms with Crippen molar-refractivity contribution in [2.75, 3.05) is 5.32 Å². The molecule has 0 fully saturated rings. The Balaban J connectivity index is 1.73. The molecule has 26 heavy (non-hydrogen) atoms. The van der Waals surface area contributed by atoms with Gasteiger partial charge in [-0.05, 0) is 23.8 Å². The fraction of sp³-hybridized carbons (Fsp3) is 0.118. The number of amides is 1. The summed E-state index contributed by atoms with van der Waals surface area (Å²) in [5.41, 5.74) is 0.135. The molecule has 0 spiro atoms. The quantitative estimate of drug-likeness (QED) is 0.676. The first kappa shape index (κ1) is 18.1. The van der Waals surface area contributed by atoms with E-state index < -0.39 is 17.6 Å². The van der Waals surface area contributed by atoms with Gasteiger partial charge in [0, 0.05) is 10.2 Å². The lowest BCUT2D eigenvalue weighted by atomic mass is 10.2. The molecule has 0 bridgehead atoms. The predicted molar refractivity (Wildman–Crippen MR) is 92.7 cm³/mol. The number of anilines is 1. The molecule has 0 aliphatic rings. The molecular formula is C17H12BrF3N4O. The Labute approximate surface area is 155 Å². The first-order valence-corrected chi connectivity index (χ1v) is 8.24. The van der Waals surface area contributed by atoms with E-state index in [0.717, 1.165) is 11.6 Å². The maximum absolute atomic E-state index is 12.9. The minimum atomic E-state index is -4.53. The van der Waals surface area contributed by atoms with Gasteiger partial charge in [0.1, 0.15) is 0 Å². The van der Waals surface area contributed by atoms with E-state index in [9.17, 15) is 18.0 Å². The number of benzene rings is 2. The Morgan fingerprint density at radius 3 is 2.58 bits per heavy atom. The van der Waals surface area contributed by atoms with Crippen molar-refractivity contribution in [1.29, 1.82) is 0 Å². The molecule has 0 aliphatic heterocycles. The third kappa shape index (κ3) is 4.29. The van der Waals surface area contributed by atoms with Crippen LogP contribution in [0.5, 0.6) is 0 Å². The van der Waals surface area contributed by atoms with Gasteiger partial charge in [0.15, 0.2) is 5.69 Å². The predicted octanol–water partition coefficient (Wildman–Crippen LogP) is 4.36. The lowest BCUT2D eigenvalue weighted by Gasteiger charge is -2.11. The van der Waals surface area contributed by atoms with E-state index >= 15 is 0 Å². The van der Waals surface area contributed by atoms with Gasteiger partial charge in [0.2, 0.25) is 0 Å². The molecule has 1 N–H and O–H groups in total. The smallest absolute Gasteiger partial charge is 0.321 e. The van der Waals surface area contributed by atoms with Gasteiger partial charge < -0.3 is 5.32 Å². The topological polar surface area (TPSA) is 59.8 Å². The number of hydrogen-bond acceptors (Lipinski definition) is 3. The second-order valence-electron chi connectivity index (χ2n) is 5.43. The van der Waals surface area contributed by atoms with Crippen LogP contribution in [0.15, 0.2) is 59.2 Å². The maximum atomic E-state index is 12.9. The number of aromatic nitrogens is 3. The molecule has 5 nitrogen and oxygen atoms in total. The van der Waals surface area contributed by atoms with E-state index in [0.29, 0.717) is 6.54 Å². The summed E-state index contributed by atoms with van der Waals surface area (Å²) in [6, 6.07) is 12.9. The Morgan fingerprint density at radius 2 is 1.88 bits per heavy atom. The lowest BCUT2D eigenvalue weighted by Crippen LogP contribution is -2.14. The first-order valence-electron chi connectivity index (χ1n) is 7.45. The second-order valence-corrected chi connectivity index (χ2v) is 6.29. The van der Waals surface area contributed by atoms with Crippen molar-refractivity contribution in [1.82, 2.24) is 15.0 Å². The molecule has 0 saturated heterocycles. The lowest BCUT2D eigenvalue weighted by molar-refractivity contribution is -0.138. The summed E-state index contributed by atoms with van der Waals surface area (Å²) in [7, 11) is 0. The van der Waals surface area contributed by atoms with Crippen LogP contribution in [0.25, 0.3) is 0 Å². The van der Waals surface area contributed by atoms with Crippen LogP contribution in [0.1, 0.15) is 21.6 Å². The third-order valence-corrected chi connectivity index (χ3v) is 4.18. The summed E-state index contributed by atoms with van der Waals surface area (Å²) >= 11 is 2.85. The molecule has 1 aromatic heterocycles. The first-order chi connectivity index (χ1) is 12.3. The van der Waals surface area contributed by atoms with Crippen LogP contribution in [0, 0.1) is 0 Å². The molecule has 3 aromatic rings. The van der Waals surface area contributed by atoms with E-state index in [1.54, 1.807) is 0 Å². The molecule has 1 amide bonds. The standard InChI is InChI=1S/C17H12BrF3N4O/c18-14-7-6-12(8-13(14)17(19,20)21)22-16(26)15-10-25(24-23-15)9-11-4-2-1-3-5-11/h1-8,10H,9H2,(H,22,26). The number of carbonyl (C=O) groups excluding carboxylic acids is 1. The van der Waals surface area contributed by atoms with Crippen LogP contribution in [-0.4, -0.2) is 20.9 Å². The van der Waals surface area contributed by atoms with Crippen molar-refractivity contribution in [2.24, 2.45) is 0 Å². The minimum absolute atomic E-state index is 0.0115. The number of halogens is 4. The van der Waals surface area contributed by atoms with Gasteiger partial charge in [0.05, 0.1) is 18.3 Å². The fourth-order valence-corrected chi connectivity index (χ4v) is 2.74. The highest BCUT2D eigenvalue weighted by atomic mass is 79.9. The Morgan fingerprint density at radius 1 is 1.15 bits per heavy atom. The average molecular weight is 425 g/mol. The molecule has 0 saturated carbocycles. The molecule has 2 aromatic carbocycles. The van der Waals surface area contributed by atoms with Gasteiger partial charge in [-0.15, -0.1) is 5.10 Å². The summed E-state index contributed by atoms with van der Waals surface area (Å²) in [5.74, 6) is -0.639. The van der Waals surface area contributed by atoms with E-state index in [1.807, 2.05) is 30.3 Å². The number of nitrogens with one attached hydrogen (secondary N) is 1. The highest BCUT2D eigenvalue weighted by molar-refractivity contribution is 9.10. The zero-order chi connectivity index (χ0) is 18.7. The molecular weight excluding hydrogens is 413 g/mol. The van der Waals surface area contributed by atoms with E-state index in [4.69, 9.17) is 0 Å². The highest BCUT2D eigenvalue weighted by Crippen LogP contribution is 2.36. The van der Waals surface area contributed by atoms with Crippen molar-refractivity contribution in [3.8, 4) is 0 Å². The number of carbonyl (C=O) groups is 1. The molecule has 0 aliphatic carbocycles. The SMILES string of the molecule is O=C(Nc1ccc(Br)c(C(F)(F)F)c1)c1cn(Cc2ccccc2)nn1. The molecule has 0 unspecified atom stereocenters. The van der Waals surface area contributed by atoms with E-state index in [2.05, 4.69) is 31.6 Å². The van der Waals surface area contributed by atoms with E-state index in [-0.39, 0.29) is 15.9 Å². The Kier molecular flexibility index (Phi) is 5.08. The van der Waals surface area contributed by atoms with Crippen LogP contribution >= 0.6 is 15.9 Å². The molecule has 0 atom stereocenters. The zero-order valence-corrected chi connectivity index (χ0v) is 14.8. The molecule has 134 valence electrons. The Hall–Kier alpha value is -2.68. The summed E-state index contributed by atoms with van der Waals surface area (Å²) in [5, 5.41) is 10.0. The van der Waals surface area contributed by atoms with E-state index in [1.165, 1.54) is 23.0 Å². The third-order valence-electron chi connectivity index (χ3n) is 3.49. The number of rotatable bonds is 4. The minimum Gasteiger partial charge on any atom is -0.321 e. The van der Waals surface area contributed by atoms with Gasteiger partial charge in [0.25, 0.3) is 5.91 Å². The molecule has 3 rings (SSSR count). The largest absolute Gasteiger partial charge is 0.417 e. The van der Waals surface area contributed by atoms with Crippen molar-refractivity contribution >= 4 is 27.5 Å². The van der Waals surface area contributed by atoms with Gasteiger partial charge in [-0.3, -0.25) is 4.79 Å². The van der Waals surface area contributed by atoms with Gasteiger partial charge in [-0.2, -0.15) is 13.2 Å². The van der Waals surface area contributed by atoms with Crippen molar-refractivity contribution < 1.29 is 18.0 Å². The van der Waals surface area contributed by atoms with Crippen LogP contribution in [0.4, 0.5) is 18.9 Å². The number of hydrogen-bond donors (Lipinski definition) is 1. The average Bonchev–Trinajstić information content (AvgIpc) is 3.05. The zero-order valence-electron chi connectivity index (χ0n) is 13.2. The maximum Gasteiger partial charge on any atom is 0.417 e. The normalized spacial score (nSPS) is 11.4. The summed E-state index contributed by atoms with van der Waals surface area (Å²) in [6.45, 7) is 0.428. The van der Waals surface area contributed by atoms with Gasteiger partial charge in [-0.25, -0.2) is 4.68 Å². The van der Waals surface area contributed by atoms with Gasteiger partial charge in [-0.1, -0.05) is 51.5 Å².